The summed E-state index contributed by atoms with van der Waals surface area (Å²) in [6, 6.07) is 3.29. The molecule has 0 bridgehead atoms. The predicted molar refractivity (Wildman–Crippen MR) is 64.4 cm³/mol. The van der Waals surface area contributed by atoms with Crippen molar-refractivity contribution in [1.82, 2.24) is 0 Å². The van der Waals surface area contributed by atoms with Gasteiger partial charge in [-0.15, -0.1) is 0 Å². The van der Waals surface area contributed by atoms with E-state index < -0.39 is 21.1 Å². The number of benzene rings is 1. The molecule has 1 saturated heterocycles. The fraction of sp³-hybridized carbons (Fsp3) is 0.455. The number of ether oxygens (including phenoxy) is 1. The molecule has 0 spiro atoms. The standard InChI is InChI=1S/C11H14FNO4S/c12-10-7-8(14)1-2-11(10)13-18(15,16)9-3-5-17-6-4-9/h1-2,7,9,13-14H,3-6H2. The van der Waals surface area contributed by atoms with Crippen LogP contribution >= 0.6 is 0 Å². The van der Waals surface area contributed by atoms with Crippen LogP contribution in [0.15, 0.2) is 18.2 Å². The highest BCUT2D eigenvalue weighted by Crippen LogP contribution is 2.23. The van der Waals surface area contributed by atoms with E-state index in [2.05, 4.69) is 4.72 Å². The van der Waals surface area contributed by atoms with Crippen molar-refractivity contribution in [2.45, 2.75) is 18.1 Å². The third-order valence-electron chi connectivity index (χ3n) is 2.81. The first kappa shape index (κ1) is 13.1. The minimum absolute atomic E-state index is 0.153. The van der Waals surface area contributed by atoms with Crippen molar-refractivity contribution in [2.75, 3.05) is 17.9 Å². The molecule has 0 saturated carbocycles. The number of halogens is 1. The Kier molecular flexibility index (Phi) is 3.72. The summed E-state index contributed by atoms with van der Waals surface area (Å²) in [5.41, 5.74) is -0.153. The van der Waals surface area contributed by atoms with Gasteiger partial charge >= 0.3 is 0 Å². The molecule has 1 fully saturated rings. The normalized spacial score (nSPS) is 17.6. The Bertz CT molecular complexity index is 526. The van der Waals surface area contributed by atoms with E-state index in [1.165, 1.54) is 12.1 Å². The Morgan fingerprint density at radius 3 is 2.61 bits per heavy atom. The lowest BCUT2D eigenvalue weighted by atomic mass is 10.2. The number of phenolic OH excluding ortho intramolecular Hbond substituents is 1. The van der Waals surface area contributed by atoms with Crippen LogP contribution in [-0.2, 0) is 14.8 Å². The van der Waals surface area contributed by atoms with Crippen molar-refractivity contribution >= 4 is 15.7 Å². The highest BCUT2D eigenvalue weighted by molar-refractivity contribution is 7.93. The molecule has 7 heteroatoms. The zero-order valence-electron chi connectivity index (χ0n) is 9.60. The first-order chi connectivity index (χ1) is 8.49. The zero-order valence-corrected chi connectivity index (χ0v) is 10.4. The van der Waals surface area contributed by atoms with Gasteiger partial charge in [-0.2, -0.15) is 0 Å². The Morgan fingerprint density at radius 2 is 2.00 bits per heavy atom. The summed E-state index contributed by atoms with van der Waals surface area (Å²) in [4.78, 5) is 0. The van der Waals surface area contributed by atoms with Gasteiger partial charge in [-0.25, -0.2) is 12.8 Å². The molecule has 0 amide bonds. The van der Waals surface area contributed by atoms with Crippen LogP contribution in [0.2, 0.25) is 0 Å². The van der Waals surface area contributed by atoms with Gasteiger partial charge in [0.2, 0.25) is 10.0 Å². The number of sulfonamides is 1. The van der Waals surface area contributed by atoms with Gasteiger partial charge in [0.1, 0.15) is 5.75 Å². The third-order valence-corrected chi connectivity index (χ3v) is 4.67. The third kappa shape index (κ3) is 2.91. The second-order valence-electron chi connectivity index (χ2n) is 4.12. The van der Waals surface area contributed by atoms with Crippen LogP contribution in [0, 0.1) is 5.82 Å². The number of hydrogen-bond donors (Lipinski definition) is 2. The van der Waals surface area contributed by atoms with Crippen molar-refractivity contribution < 1.29 is 22.7 Å². The molecule has 0 aromatic heterocycles. The monoisotopic (exact) mass is 275 g/mol. The van der Waals surface area contributed by atoms with Crippen LogP contribution in [0.5, 0.6) is 5.75 Å². The summed E-state index contributed by atoms with van der Waals surface area (Å²) in [7, 11) is -3.62. The molecule has 100 valence electrons. The molecule has 5 nitrogen and oxygen atoms in total. The summed E-state index contributed by atoms with van der Waals surface area (Å²) in [5, 5.41) is 8.48. The molecule has 2 rings (SSSR count). The quantitative estimate of drug-likeness (QED) is 0.819. The molecule has 18 heavy (non-hydrogen) atoms. The van der Waals surface area contributed by atoms with E-state index in [4.69, 9.17) is 9.84 Å². The van der Waals surface area contributed by atoms with E-state index >= 15 is 0 Å². The molecular formula is C11H14FNO4S. The smallest absolute Gasteiger partial charge is 0.235 e. The van der Waals surface area contributed by atoms with Crippen LogP contribution < -0.4 is 4.72 Å². The first-order valence-corrected chi connectivity index (χ1v) is 7.11. The predicted octanol–water partition coefficient (Wildman–Crippen LogP) is 1.45. The molecule has 1 heterocycles. The lowest BCUT2D eigenvalue weighted by Crippen LogP contribution is -2.33. The molecule has 1 aliphatic heterocycles. The van der Waals surface area contributed by atoms with E-state index in [0.29, 0.717) is 26.1 Å². The summed E-state index contributed by atoms with van der Waals surface area (Å²) in [6.07, 6.45) is 0.796. The van der Waals surface area contributed by atoms with Gasteiger partial charge in [-0.05, 0) is 25.0 Å². The maximum atomic E-state index is 13.4. The van der Waals surface area contributed by atoms with Crippen LogP contribution in [0.4, 0.5) is 10.1 Å². The van der Waals surface area contributed by atoms with Gasteiger partial charge in [0.25, 0.3) is 0 Å². The average Bonchev–Trinajstić information content (AvgIpc) is 2.34. The first-order valence-electron chi connectivity index (χ1n) is 5.57. The Balaban J connectivity index is 2.16. The fourth-order valence-electron chi connectivity index (χ4n) is 1.81. The van der Waals surface area contributed by atoms with Crippen molar-refractivity contribution in [2.24, 2.45) is 0 Å². The molecule has 2 N–H and O–H groups in total. The highest BCUT2D eigenvalue weighted by Gasteiger charge is 2.28. The van der Waals surface area contributed by atoms with E-state index in [1.54, 1.807) is 0 Å². The number of hydrogen-bond acceptors (Lipinski definition) is 4. The molecule has 1 aromatic carbocycles. The van der Waals surface area contributed by atoms with E-state index in [1.807, 2.05) is 0 Å². The van der Waals surface area contributed by atoms with E-state index in [9.17, 15) is 12.8 Å². The Labute approximate surface area is 105 Å². The minimum atomic E-state index is -3.62. The lowest BCUT2D eigenvalue weighted by molar-refractivity contribution is 0.0984. The summed E-state index contributed by atoms with van der Waals surface area (Å²) < 4.78 is 44.7. The van der Waals surface area contributed by atoms with Crippen molar-refractivity contribution in [3.05, 3.63) is 24.0 Å². The number of rotatable bonds is 3. The fourth-order valence-corrected chi connectivity index (χ4v) is 3.26. The Morgan fingerprint density at radius 1 is 1.33 bits per heavy atom. The number of anilines is 1. The molecule has 0 unspecified atom stereocenters. The summed E-state index contributed by atoms with van der Waals surface area (Å²) in [6.45, 7) is 0.785. The number of phenols is 1. The maximum absolute atomic E-state index is 13.4. The highest BCUT2D eigenvalue weighted by atomic mass is 32.2. The molecule has 0 radical (unpaired) electrons. The lowest BCUT2D eigenvalue weighted by Gasteiger charge is -2.22. The largest absolute Gasteiger partial charge is 0.508 e. The molecular weight excluding hydrogens is 261 g/mol. The maximum Gasteiger partial charge on any atom is 0.235 e. The van der Waals surface area contributed by atoms with Crippen molar-refractivity contribution in [3.8, 4) is 5.75 Å². The second kappa shape index (κ2) is 5.11. The Hall–Kier alpha value is -1.34. The molecule has 1 aromatic rings. The molecule has 0 aliphatic carbocycles. The van der Waals surface area contributed by atoms with Crippen LogP contribution in [0.25, 0.3) is 0 Å². The van der Waals surface area contributed by atoms with Crippen molar-refractivity contribution in [1.29, 1.82) is 0 Å². The molecule has 0 atom stereocenters. The number of nitrogens with one attached hydrogen (secondary N) is 1. The van der Waals surface area contributed by atoms with Gasteiger partial charge in [0.15, 0.2) is 5.82 Å². The van der Waals surface area contributed by atoms with Crippen molar-refractivity contribution in [3.63, 3.8) is 0 Å². The average molecular weight is 275 g/mol. The van der Waals surface area contributed by atoms with Crippen LogP contribution in [-0.4, -0.2) is 32.0 Å². The van der Waals surface area contributed by atoms with E-state index in [0.717, 1.165) is 6.07 Å². The van der Waals surface area contributed by atoms with Gasteiger partial charge < -0.3 is 9.84 Å². The van der Waals surface area contributed by atoms with Gasteiger partial charge in [0, 0.05) is 19.3 Å². The van der Waals surface area contributed by atoms with Crippen LogP contribution in [0.3, 0.4) is 0 Å². The van der Waals surface area contributed by atoms with E-state index in [-0.39, 0.29) is 11.4 Å². The van der Waals surface area contributed by atoms with Gasteiger partial charge in [-0.3, -0.25) is 4.72 Å². The molecule has 1 aliphatic rings. The summed E-state index contributed by atoms with van der Waals surface area (Å²) in [5.74, 6) is -1.05. The topological polar surface area (TPSA) is 75.6 Å². The minimum Gasteiger partial charge on any atom is -0.508 e. The number of aromatic hydroxyl groups is 1. The zero-order chi connectivity index (χ0) is 13.2. The second-order valence-corrected chi connectivity index (χ2v) is 6.08. The SMILES string of the molecule is O=S(=O)(Nc1ccc(O)cc1F)C1CCOCC1. The summed E-state index contributed by atoms with van der Waals surface area (Å²) >= 11 is 0. The van der Waals surface area contributed by atoms with Gasteiger partial charge in [0.05, 0.1) is 10.9 Å². The van der Waals surface area contributed by atoms with Gasteiger partial charge in [-0.1, -0.05) is 0 Å². The van der Waals surface area contributed by atoms with Crippen LogP contribution in [0.1, 0.15) is 12.8 Å².